The van der Waals surface area contributed by atoms with Crippen LogP contribution >= 0.6 is 0 Å². The second kappa shape index (κ2) is 9.22. The van der Waals surface area contributed by atoms with Crippen LogP contribution in [0.2, 0.25) is 0 Å². The number of aliphatic hydroxyl groups excluding tert-OH is 1. The molecular formula is C24H28N8O2. The molecule has 10 heteroatoms. The molecule has 5 rings (SSSR count). The van der Waals surface area contributed by atoms with Gasteiger partial charge in [0.15, 0.2) is 11.5 Å². The number of piperidine rings is 1. The van der Waals surface area contributed by atoms with Gasteiger partial charge in [0.05, 0.1) is 30.2 Å². The molecule has 4 aromatic heterocycles. The lowest BCUT2D eigenvalue weighted by molar-refractivity contribution is 0.102. The maximum Gasteiger partial charge on any atom is 0.274 e. The van der Waals surface area contributed by atoms with Crippen LogP contribution in [-0.2, 0) is 13.6 Å². The van der Waals surface area contributed by atoms with E-state index < -0.39 is 6.10 Å². The molecule has 0 radical (unpaired) electrons. The van der Waals surface area contributed by atoms with E-state index in [1.807, 2.05) is 31.6 Å². The second-order valence-electron chi connectivity index (χ2n) is 8.79. The van der Waals surface area contributed by atoms with Gasteiger partial charge in [0, 0.05) is 43.5 Å². The molecule has 1 fully saturated rings. The summed E-state index contributed by atoms with van der Waals surface area (Å²) in [5.74, 6) is 0.441. The van der Waals surface area contributed by atoms with Crippen molar-refractivity contribution in [2.75, 3.05) is 23.3 Å². The van der Waals surface area contributed by atoms with E-state index in [-0.39, 0.29) is 5.91 Å². The van der Waals surface area contributed by atoms with Crippen LogP contribution in [0.3, 0.4) is 0 Å². The average Bonchev–Trinajstić information content (AvgIpc) is 3.44. The van der Waals surface area contributed by atoms with Crippen LogP contribution in [0.4, 0.5) is 11.5 Å². The number of anilines is 2. The lowest BCUT2D eigenvalue weighted by Gasteiger charge is -2.29. The monoisotopic (exact) mass is 460 g/mol. The van der Waals surface area contributed by atoms with Gasteiger partial charge in [-0.1, -0.05) is 6.07 Å². The number of nitrogens with zero attached hydrogens (tertiary/aromatic N) is 7. The summed E-state index contributed by atoms with van der Waals surface area (Å²) in [6.45, 7) is 3.90. The van der Waals surface area contributed by atoms with Crippen molar-refractivity contribution in [2.24, 2.45) is 7.05 Å². The van der Waals surface area contributed by atoms with Gasteiger partial charge in [-0.05, 0) is 44.4 Å². The predicted octanol–water partition coefficient (Wildman–Crippen LogP) is 2.85. The van der Waals surface area contributed by atoms with Gasteiger partial charge < -0.3 is 15.3 Å². The van der Waals surface area contributed by atoms with Crippen LogP contribution in [0.5, 0.6) is 0 Å². The lowest BCUT2D eigenvalue weighted by Crippen LogP contribution is -2.31. The van der Waals surface area contributed by atoms with E-state index in [0.29, 0.717) is 29.3 Å². The van der Waals surface area contributed by atoms with Crippen molar-refractivity contribution in [3.8, 4) is 11.3 Å². The van der Waals surface area contributed by atoms with E-state index in [1.54, 1.807) is 34.6 Å². The number of carbonyl (C=O) groups is 1. The maximum absolute atomic E-state index is 13.2. The van der Waals surface area contributed by atoms with Gasteiger partial charge in [0.1, 0.15) is 5.69 Å². The second-order valence-corrected chi connectivity index (χ2v) is 8.79. The smallest absolute Gasteiger partial charge is 0.274 e. The molecule has 0 unspecified atom stereocenters. The first kappa shape index (κ1) is 22.0. The molecule has 1 aliphatic heterocycles. The highest BCUT2D eigenvalue weighted by Crippen LogP contribution is 2.30. The third-order valence-electron chi connectivity index (χ3n) is 5.85. The molecule has 34 heavy (non-hydrogen) atoms. The Morgan fingerprint density at radius 1 is 1.18 bits per heavy atom. The summed E-state index contributed by atoms with van der Waals surface area (Å²) in [6, 6.07) is 7.26. The Labute approximate surface area is 197 Å². The van der Waals surface area contributed by atoms with E-state index in [4.69, 9.17) is 4.98 Å². The van der Waals surface area contributed by atoms with Crippen LogP contribution in [0.25, 0.3) is 22.3 Å². The molecule has 0 saturated carbocycles. The Balaban J connectivity index is 1.43. The van der Waals surface area contributed by atoms with Crippen molar-refractivity contribution in [2.45, 2.75) is 38.8 Å². The summed E-state index contributed by atoms with van der Waals surface area (Å²) in [7, 11) is 1.86. The Morgan fingerprint density at radius 2 is 2.00 bits per heavy atom. The molecule has 0 aliphatic carbocycles. The Kier molecular flexibility index (Phi) is 5.97. The number of pyridine rings is 2. The topological polar surface area (TPSA) is 114 Å². The van der Waals surface area contributed by atoms with Crippen molar-refractivity contribution in [1.82, 2.24) is 29.5 Å². The Morgan fingerprint density at radius 3 is 2.79 bits per heavy atom. The molecule has 5 heterocycles. The number of hydrogen-bond acceptors (Lipinski definition) is 7. The minimum absolute atomic E-state index is 0.302. The van der Waals surface area contributed by atoms with Gasteiger partial charge in [-0.3, -0.25) is 14.2 Å². The van der Waals surface area contributed by atoms with Crippen LogP contribution in [0.15, 0.2) is 42.9 Å². The largest absolute Gasteiger partial charge is 0.391 e. The predicted molar refractivity (Wildman–Crippen MR) is 130 cm³/mol. The highest BCUT2D eigenvalue weighted by Gasteiger charge is 2.20. The molecule has 176 valence electrons. The molecule has 0 spiro atoms. The molecule has 0 aromatic carbocycles. The number of nitrogens with one attached hydrogen (secondary N) is 1. The summed E-state index contributed by atoms with van der Waals surface area (Å²) in [6.07, 6.45) is 8.28. The number of carbonyl (C=O) groups excluding carboxylic acids is 1. The molecular weight excluding hydrogens is 432 g/mol. The fourth-order valence-corrected chi connectivity index (χ4v) is 4.28. The first-order valence-corrected chi connectivity index (χ1v) is 11.5. The maximum atomic E-state index is 13.2. The fourth-order valence-electron chi connectivity index (χ4n) is 4.28. The summed E-state index contributed by atoms with van der Waals surface area (Å²) in [4.78, 5) is 24.8. The third-order valence-corrected chi connectivity index (χ3v) is 5.85. The molecule has 0 bridgehead atoms. The Bertz CT molecular complexity index is 1320. The van der Waals surface area contributed by atoms with E-state index in [2.05, 4.69) is 25.4 Å². The summed E-state index contributed by atoms with van der Waals surface area (Å²) >= 11 is 0. The highest BCUT2D eigenvalue weighted by molar-refractivity contribution is 6.05. The lowest BCUT2D eigenvalue weighted by atomic mass is 10.1. The van der Waals surface area contributed by atoms with Gasteiger partial charge in [-0.25, -0.2) is 9.97 Å². The number of amides is 1. The average molecular weight is 461 g/mol. The SMILES string of the molecule is C[C@H](O)Cn1cc(-c2cccc(C(=O)Nc3cc4cn(C)nc4nc3N3CCCCC3)n2)cn1. The van der Waals surface area contributed by atoms with Crippen LogP contribution in [0.1, 0.15) is 36.7 Å². The van der Waals surface area contributed by atoms with Crippen LogP contribution in [-0.4, -0.2) is 59.7 Å². The van der Waals surface area contributed by atoms with Crippen LogP contribution < -0.4 is 10.2 Å². The standard InChI is InChI=1S/C24H28N8O2/c1-16(33)13-32-15-18(12-25-32)19-7-6-8-20(26-19)24(34)27-21-11-17-14-30(2)29-22(17)28-23(21)31-9-4-3-5-10-31/h6-8,11-12,14-16,33H,3-5,9-10,13H2,1-2H3,(H,27,34)/t16-/m0/s1. The van der Waals surface area contributed by atoms with Crippen molar-refractivity contribution in [1.29, 1.82) is 0 Å². The summed E-state index contributed by atoms with van der Waals surface area (Å²) < 4.78 is 3.39. The number of rotatable bonds is 6. The number of fused-ring (bicyclic) bond motifs is 1. The van der Waals surface area contributed by atoms with E-state index >= 15 is 0 Å². The zero-order valence-electron chi connectivity index (χ0n) is 19.3. The van der Waals surface area contributed by atoms with E-state index in [0.717, 1.165) is 42.7 Å². The van der Waals surface area contributed by atoms with E-state index in [9.17, 15) is 9.90 Å². The number of hydrogen-bond donors (Lipinski definition) is 2. The third kappa shape index (κ3) is 4.62. The molecule has 10 nitrogen and oxygen atoms in total. The minimum Gasteiger partial charge on any atom is -0.391 e. The van der Waals surface area contributed by atoms with Gasteiger partial charge in [0.25, 0.3) is 5.91 Å². The summed E-state index contributed by atoms with van der Waals surface area (Å²) in [5, 5.41) is 22.2. The number of aliphatic hydroxyl groups is 1. The van der Waals surface area contributed by atoms with E-state index in [1.165, 1.54) is 6.42 Å². The zero-order chi connectivity index (χ0) is 23.7. The van der Waals surface area contributed by atoms with Crippen molar-refractivity contribution >= 4 is 28.4 Å². The van der Waals surface area contributed by atoms with Gasteiger partial charge in [-0.15, -0.1) is 0 Å². The fraction of sp³-hybridized carbons (Fsp3) is 0.375. The molecule has 1 saturated heterocycles. The molecule has 1 atom stereocenters. The first-order chi connectivity index (χ1) is 16.5. The van der Waals surface area contributed by atoms with Crippen LogP contribution in [0, 0.1) is 0 Å². The first-order valence-electron chi connectivity index (χ1n) is 11.5. The number of aryl methyl sites for hydroxylation is 1. The molecule has 4 aromatic rings. The molecule has 2 N–H and O–H groups in total. The highest BCUT2D eigenvalue weighted by atomic mass is 16.3. The normalized spacial score (nSPS) is 15.0. The number of aromatic nitrogens is 6. The molecule has 1 aliphatic rings. The Hall–Kier alpha value is -3.79. The van der Waals surface area contributed by atoms with Crippen molar-refractivity contribution in [3.05, 3.63) is 48.5 Å². The van der Waals surface area contributed by atoms with Gasteiger partial charge in [-0.2, -0.15) is 10.2 Å². The quantitative estimate of drug-likeness (QED) is 0.455. The van der Waals surface area contributed by atoms with Crippen molar-refractivity contribution < 1.29 is 9.90 Å². The van der Waals surface area contributed by atoms with Gasteiger partial charge in [0.2, 0.25) is 0 Å². The minimum atomic E-state index is -0.502. The van der Waals surface area contributed by atoms with Crippen molar-refractivity contribution in [3.63, 3.8) is 0 Å². The zero-order valence-corrected chi connectivity index (χ0v) is 19.3. The van der Waals surface area contributed by atoms with Gasteiger partial charge >= 0.3 is 0 Å². The summed E-state index contributed by atoms with van der Waals surface area (Å²) in [5.41, 5.74) is 3.04. The molecule has 1 amide bonds.